The van der Waals surface area contributed by atoms with Gasteiger partial charge in [0.1, 0.15) is 18.2 Å². The van der Waals surface area contributed by atoms with Crippen molar-refractivity contribution in [3.05, 3.63) is 104 Å². The van der Waals surface area contributed by atoms with Gasteiger partial charge in [-0.1, -0.05) is 74.5 Å². The summed E-state index contributed by atoms with van der Waals surface area (Å²) in [5.41, 5.74) is 3.82. The van der Waals surface area contributed by atoms with Gasteiger partial charge in [-0.25, -0.2) is 19.4 Å². The molecule has 0 spiro atoms. The lowest BCUT2D eigenvalue weighted by Crippen LogP contribution is -2.53. The number of carbonyl (C=O) groups excluding carboxylic acids is 4. The van der Waals surface area contributed by atoms with Crippen molar-refractivity contribution in [1.29, 1.82) is 0 Å². The van der Waals surface area contributed by atoms with E-state index in [0.717, 1.165) is 26.7 Å². The summed E-state index contributed by atoms with van der Waals surface area (Å²) in [5.74, 6) is -0.124. The third-order valence-electron chi connectivity index (χ3n) is 8.54. The van der Waals surface area contributed by atoms with Crippen LogP contribution in [0.25, 0.3) is 0 Å². The number of nitrogens with one attached hydrogen (secondary N) is 4. The van der Waals surface area contributed by atoms with Crippen LogP contribution in [0.4, 0.5) is 14.4 Å². The van der Waals surface area contributed by atoms with E-state index in [4.69, 9.17) is 9.47 Å². The number of benzene rings is 2. The maximum absolute atomic E-state index is 14.2. The topological polar surface area (TPSA) is 164 Å². The van der Waals surface area contributed by atoms with Crippen molar-refractivity contribution < 1.29 is 28.7 Å². The monoisotopic (exact) mass is 805 g/mol. The number of ether oxygens (including phenoxy) is 2. The zero-order valence-electron chi connectivity index (χ0n) is 33.1. The van der Waals surface area contributed by atoms with Gasteiger partial charge >= 0.3 is 18.2 Å². The first-order chi connectivity index (χ1) is 26.7. The molecule has 0 saturated heterocycles. The van der Waals surface area contributed by atoms with Crippen LogP contribution >= 0.6 is 22.7 Å². The van der Waals surface area contributed by atoms with Crippen LogP contribution in [0.15, 0.2) is 77.8 Å². The second kappa shape index (κ2) is 21.9. The molecular formula is C41H55N7O6S2. The Labute approximate surface area is 338 Å². The lowest BCUT2D eigenvalue weighted by molar-refractivity contribution is -0.123. The Bertz CT molecular complexity index is 1800. The molecule has 2 aromatic heterocycles. The van der Waals surface area contributed by atoms with Gasteiger partial charge in [0.05, 0.1) is 27.6 Å². The molecule has 4 N–H and O–H groups in total. The Morgan fingerprint density at radius 3 is 2.00 bits per heavy atom. The average molecular weight is 806 g/mol. The number of thiazole rings is 2. The first-order valence-electron chi connectivity index (χ1n) is 18.9. The summed E-state index contributed by atoms with van der Waals surface area (Å²) in [5, 5.41) is 14.7. The number of amides is 5. The molecule has 0 bridgehead atoms. The fourth-order valence-corrected chi connectivity index (χ4v) is 7.08. The van der Waals surface area contributed by atoms with Gasteiger partial charge < -0.3 is 35.6 Å². The number of hydrogen-bond acceptors (Lipinski definition) is 10. The van der Waals surface area contributed by atoms with Gasteiger partial charge in [-0.2, -0.15) is 0 Å². The normalized spacial score (nSPS) is 12.9. The van der Waals surface area contributed by atoms with Crippen molar-refractivity contribution in [1.82, 2.24) is 36.1 Å². The SMILES string of the molecule is CC(C)c1nc(CN(C)C(=O)N[C@@H](CCNC(=O)OC(C)(C)C)C(=O)N[C@H](CC[C@H](Cc2ccccc2)NC(=O)OCc2cncs2)Cc2ccccc2)cs1. The fraction of sp³-hybridized carbons (Fsp3) is 0.463. The Morgan fingerprint density at radius 2 is 1.45 bits per heavy atom. The second-order valence-corrected chi connectivity index (χ2v) is 16.8. The first kappa shape index (κ1) is 43.7. The third-order valence-corrected chi connectivity index (χ3v) is 10.5. The van der Waals surface area contributed by atoms with Crippen LogP contribution in [-0.2, 0) is 40.3 Å². The van der Waals surface area contributed by atoms with E-state index in [-0.39, 0.29) is 44.1 Å². The Kier molecular flexibility index (Phi) is 17.1. The quantitative estimate of drug-likeness (QED) is 0.0774. The number of urea groups is 1. The summed E-state index contributed by atoms with van der Waals surface area (Å²) in [6.07, 6.45) is 2.72. The molecule has 0 aliphatic rings. The molecule has 2 aromatic carbocycles. The smallest absolute Gasteiger partial charge is 0.407 e. The highest BCUT2D eigenvalue weighted by Gasteiger charge is 2.27. The van der Waals surface area contributed by atoms with Crippen LogP contribution in [0.3, 0.4) is 0 Å². The van der Waals surface area contributed by atoms with E-state index >= 15 is 0 Å². The highest BCUT2D eigenvalue weighted by Crippen LogP contribution is 2.20. The molecular weight excluding hydrogens is 751 g/mol. The maximum atomic E-state index is 14.2. The van der Waals surface area contributed by atoms with E-state index in [1.807, 2.05) is 66.0 Å². The summed E-state index contributed by atoms with van der Waals surface area (Å²) in [6, 6.07) is 17.6. The van der Waals surface area contributed by atoms with Gasteiger partial charge in [0.15, 0.2) is 0 Å². The molecule has 2 heterocycles. The summed E-state index contributed by atoms with van der Waals surface area (Å²) in [4.78, 5) is 64.1. The minimum atomic E-state index is -0.986. The summed E-state index contributed by atoms with van der Waals surface area (Å²) in [7, 11) is 1.65. The Hall–Kier alpha value is -5.02. The molecule has 0 aliphatic heterocycles. The molecule has 13 nitrogen and oxygen atoms in total. The fourth-order valence-electron chi connectivity index (χ4n) is 5.75. The van der Waals surface area contributed by atoms with Gasteiger partial charge in [-0.05, 0) is 64.0 Å². The van der Waals surface area contributed by atoms with Crippen LogP contribution in [0, 0.1) is 0 Å². The molecule has 0 fully saturated rings. The predicted octanol–water partition coefficient (Wildman–Crippen LogP) is 7.19. The van der Waals surface area contributed by atoms with E-state index in [1.54, 1.807) is 50.9 Å². The summed E-state index contributed by atoms with van der Waals surface area (Å²) < 4.78 is 10.9. The van der Waals surface area contributed by atoms with E-state index in [0.29, 0.717) is 25.7 Å². The molecule has 56 heavy (non-hydrogen) atoms. The molecule has 4 rings (SSSR count). The van der Waals surface area contributed by atoms with Crippen LogP contribution < -0.4 is 21.3 Å². The number of hydrogen-bond donors (Lipinski definition) is 4. The van der Waals surface area contributed by atoms with Crippen LogP contribution in [0.2, 0.25) is 0 Å². The zero-order chi connectivity index (χ0) is 40.5. The molecule has 0 saturated carbocycles. The summed E-state index contributed by atoms with van der Waals surface area (Å²) >= 11 is 2.96. The minimum Gasteiger partial charge on any atom is -0.444 e. The lowest BCUT2D eigenvalue weighted by Gasteiger charge is -2.27. The van der Waals surface area contributed by atoms with Gasteiger partial charge in [-0.15, -0.1) is 22.7 Å². The first-order valence-corrected chi connectivity index (χ1v) is 20.6. The van der Waals surface area contributed by atoms with E-state index in [1.165, 1.54) is 16.2 Å². The molecule has 5 amide bonds. The van der Waals surface area contributed by atoms with Gasteiger partial charge in [-0.3, -0.25) is 9.78 Å². The van der Waals surface area contributed by atoms with E-state index in [2.05, 4.69) is 45.1 Å². The molecule has 0 radical (unpaired) electrons. The Morgan fingerprint density at radius 1 is 0.821 bits per heavy atom. The predicted molar refractivity (Wildman–Crippen MR) is 220 cm³/mol. The van der Waals surface area contributed by atoms with Crippen molar-refractivity contribution in [3.63, 3.8) is 0 Å². The zero-order valence-corrected chi connectivity index (χ0v) is 34.7. The van der Waals surface area contributed by atoms with E-state index < -0.39 is 35.8 Å². The van der Waals surface area contributed by atoms with Crippen molar-refractivity contribution in [3.8, 4) is 0 Å². The van der Waals surface area contributed by atoms with Gasteiger partial charge in [0, 0.05) is 43.2 Å². The minimum absolute atomic E-state index is 0.0803. The van der Waals surface area contributed by atoms with Crippen molar-refractivity contribution in [2.24, 2.45) is 0 Å². The number of aromatic nitrogens is 2. The number of rotatable bonds is 19. The summed E-state index contributed by atoms with van der Waals surface area (Å²) in [6.45, 7) is 9.90. The van der Waals surface area contributed by atoms with E-state index in [9.17, 15) is 19.2 Å². The number of nitrogens with zero attached hydrogens (tertiary/aromatic N) is 3. The van der Waals surface area contributed by atoms with Crippen LogP contribution in [0.5, 0.6) is 0 Å². The molecule has 3 atom stereocenters. The van der Waals surface area contributed by atoms with Crippen molar-refractivity contribution in [2.75, 3.05) is 13.6 Å². The third kappa shape index (κ3) is 16.0. The Balaban J connectivity index is 1.49. The van der Waals surface area contributed by atoms with Crippen molar-refractivity contribution >= 4 is 46.8 Å². The lowest BCUT2D eigenvalue weighted by atomic mass is 9.95. The molecule has 15 heteroatoms. The van der Waals surface area contributed by atoms with Gasteiger partial charge in [0.25, 0.3) is 0 Å². The molecule has 302 valence electrons. The molecule has 0 aliphatic carbocycles. The van der Waals surface area contributed by atoms with Crippen LogP contribution in [0.1, 0.15) is 86.5 Å². The molecule has 4 aromatic rings. The highest BCUT2D eigenvalue weighted by atomic mass is 32.1. The maximum Gasteiger partial charge on any atom is 0.407 e. The number of alkyl carbamates (subject to hydrolysis) is 2. The highest BCUT2D eigenvalue weighted by molar-refractivity contribution is 7.09. The standard InChI is InChI=1S/C41H55N7O6S2/c1-28(2)37-45-33(26-55-37)24-48(6)38(50)47-35(19-20-43-39(51)54-41(3,4)5)36(49)44-31(21-29-13-9-7-10-14-29)17-18-32(22-30-15-11-8-12-16-30)46-40(52)53-25-34-23-42-27-56-34/h7-16,23,26-28,31-32,35H,17-22,24-25H2,1-6H3,(H,43,51)(H,44,49)(H,46,52)(H,47,50)/t31-,32-,35+/m1/s1. The molecule has 0 unspecified atom stereocenters. The second-order valence-electron chi connectivity index (χ2n) is 15.0. The largest absolute Gasteiger partial charge is 0.444 e. The number of carbonyl (C=O) groups is 4. The van der Waals surface area contributed by atoms with Gasteiger partial charge in [0.2, 0.25) is 5.91 Å². The average Bonchev–Trinajstić information content (AvgIpc) is 3.85. The van der Waals surface area contributed by atoms with Crippen molar-refractivity contribution in [2.45, 2.75) is 110 Å². The van der Waals surface area contributed by atoms with Crippen LogP contribution in [-0.4, -0.2) is 76.3 Å².